The number of thiophene rings is 1. The van der Waals surface area contributed by atoms with E-state index in [9.17, 15) is 14.4 Å². The molecule has 0 unspecified atom stereocenters. The summed E-state index contributed by atoms with van der Waals surface area (Å²) in [7, 11) is 0. The number of nitrogens with zero attached hydrogens (tertiary/aromatic N) is 4. The van der Waals surface area contributed by atoms with Crippen LogP contribution >= 0.6 is 11.3 Å². The molecule has 3 amide bonds. The summed E-state index contributed by atoms with van der Waals surface area (Å²) in [6.45, 7) is -0.169. The molecule has 28 heavy (non-hydrogen) atoms. The zero-order valence-corrected chi connectivity index (χ0v) is 15.5. The minimum atomic E-state index is -0.512. The van der Waals surface area contributed by atoms with Crippen LogP contribution in [-0.2, 0) is 11.3 Å². The number of benzene rings is 1. The van der Waals surface area contributed by atoms with Gasteiger partial charge in [0.05, 0.1) is 10.7 Å². The van der Waals surface area contributed by atoms with E-state index in [1.165, 1.54) is 11.3 Å². The SMILES string of the molecule is O=C(Cn1nnn(-c2ccc(NC(=O)Nc3cccs3)cc2)c1=O)NC1CC1. The first-order valence-electron chi connectivity index (χ1n) is 8.62. The lowest BCUT2D eigenvalue weighted by atomic mass is 10.3. The normalized spacial score (nSPS) is 13.1. The summed E-state index contributed by atoms with van der Waals surface area (Å²) in [4.78, 5) is 36.2. The van der Waals surface area contributed by atoms with E-state index in [0.717, 1.165) is 27.2 Å². The van der Waals surface area contributed by atoms with Crippen LogP contribution in [0, 0.1) is 0 Å². The van der Waals surface area contributed by atoms with E-state index >= 15 is 0 Å². The quantitative estimate of drug-likeness (QED) is 0.578. The van der Waals surface area contributed by atoms with Crippen molar-refractivity contribution in [2.75, 3.05) is 10.6 Å². The first-order chi connectivity index (χ1) is 13.6. The molecule has 1 aliphatic rings. The minimum absolute atomic E-state index is 0.169. The van der Waals surface area contributed by atoms with Crippen LogP contribution < -0.4 is 21.6 Å². The number of carbonyl (C=O) groups is 2. The Labute approximate surface area is 163 Å². The average molecular weight is 399 g/mol. The molecule has 4 rings (SSSR count). The van der Waals surface area contributed by atoms with Crippen molar-refractivity contribution in [1.82, 2.24) is 25.1 Å². The van der Waals surface area contributed by atoms with Gasteiger partial charge >= 0.3 is 11.7 Å². The van der Waals surface area contributed by atoms with Crippen LogP contribution in [0.25, 0.3) is 5.69 Å². The molecule has 10 nitrogen and oxygen atoms in total. The highest BCUT2D eigenvalue weighted by atomic mass is 32.1. The van der Waals surface area contributed by atoms with E-state index in [0.29, 0.717) is 11.4 Å². The van der Waals surface area contributed by atoms with E-state index in [1.807, 2.05) is 11.4 Å². The second kappa shape index (κ2) is 7.64. The molecule has 2 aromatic heterocycles. The van der Waals surface area contributed by atoms with Gasteiger partial charge in [-0.15, -0.1) is 11.3 Å². The van der Waals surface area contributed by atoms with Crippen molar-refractivity contribution in [3.05, 3.63) is 52.3 Å². The average Bonchev–Trinajstić information content (AvgIpc) is 3.19. The Morgan fingerprint density at radius 3 is 2.57 bits per heavy atom. The second-order valence-corrected chi connectivity index (χ2v) is 7.22. The lowest BCUT2D eigenvalue weighted by Gasteiger charge is -2.06. The number of aromatic nitrogens is 4. The molecular weight excluding hydrogens is 382 g/mol. The Morgan fingerprint density at radius 2 is 1.89 bits per heavy atom. The third kappa shape index (κ3) is 4.26. The van der Waals surface area contributed by atoms with Gasteiger partial charge in [0.1, 0.15) is 6.54 Å². The number of nitrogens with one attached hydrogen (secondary N) is 3. The highest BCUT2D eigenvalue weighted by Gasteiger charge is 2.24. The van der Waals surface area contributed by atoms with Gasteiger partial charge in [0.25, 0.3) is 0 Å². The third-order valence-corrected chi connectivity index (χ3v) is 4.79. The molecule has 0 spiro atoms. The van der Waals surface area contributed by atoms with Crippen LogP contribution in [0.15, 0.2) is 46.6 Å². The maximum Gasteiger partial charge on any atom is 0.368 e. The summed E-state index contributed by atoms with van der Waals surface area (Å²) < 4.78 is 2.11. The molecule has 0 saturated heterocycles. The Balaban J connectivity index is 1.40. The zero-order chi connectivity index (χ0) is 19.5. The molecule has 1 aromatic carbocycles. The van der Waals surface area contributed by atoms with Gasteiger partial charge < -0.3 is 10.6 Å². The van der Waals surface area contributed by atoms with E-state index in [-0.39, 0.29) is 24.5 Å². The fourth-order valence-electron chi connectivity index (χ4n) is 2.48. The predicted octanol–water partition coefficient (Wildman–Crippen LogP) is 1.41. The summed E-state index contributed by atoms with van der Waals surface area (Å²) >= 11 is 1.42. The minimum Gasteiger partial charge on any atom is -0.352 e. The van der Waals surface area contributed by atoms with Gasteiger partial charge in [0, 0.05) is 11.7 Å². The van der Waals surface area contributed by atoms with Crippen molar-refractivity contribution in [2.24, 2.45) is 0 Å². The summed E-state index contributed by atoms with van der Waals surface area (Å²) in [5.41, 5.74) is 0.521. The molecular formula is C17H17N7O3S. The Morgan fingerprint density at radius 1 is 1.11 bits per heavy atom. The number of hydrogen-bond donors (Lipinski definition) is 3. The second-order valence-electron chi connectivity index (χ2n) is 6.28. The standard InChI is InChI=1S/C17H17N7O3S/c25-14(18-11-3-4-11)10-23-17(27)24(22-21-23)13-7-5-12(6-8-13)19-16(26)20-15-2-1-9-28-15/h1-2,5-9,11H,3-4,10H2,(H,18,25)(H2,19,20,26). The molecule has 11 heteroatoms. The summed E-state index contributed by atoms with van der Waals surface area (Å²) in [5, 5.41) is 18.4. The number of rotatable bonds is 6. The first-order valence-corrected chi connectivity index (χ1v) is 9.50. The lowest BCUT2D eigenvalue weighted by molar-refractivity contribution is -0.122. The van der Waals surface area contributed by atoms with E-state index < -0.39 is 5.69 Å². The molecule has 0 aliphatic heterocycles. The molecule has 0 atom stereocenters. The van der Waals surface area contributed by atoms with Crippen molar-refractivity contribution in [1.29, 1.82) is 0 Å². The molecule has 0 radical (unpaired) electrons. The summed E-state index contributed by atoms with van der Waals surface area (Å²) in [5.74, 6) is -0.257. The van der Waals surface area contributed by atoms with Crippen LogP contribution in [0.1, 0.15) is 12.8 Å². The number of urea groups is 1. The molecule has 2 heterocycles. The van der Waals surface area contributed by atoms with Gasteiger partial charge in [-0.2, -0.15) is 9.36 Å². The van der Waals surface area contributed by atoms with Crippen molar-refractivity contribution in [3.8, 4) is 5.69 Å². The Bertz CT molecular complexity index is 1040. The van der Waals surface area contributed by atoms with Crippen LogP contribution in [0.4, 0.5) is 15.5 Å². The third-order valence-electron chi connectivity index (χ3n) is 4.00. The number of carbonyl (C=O) groups excluding carboxylic acids is 2. The number of amides is 3. The number of tetrazole rings is 1. The molecule has 3 aromatic rings. The van der Waals surface area contributed by atoms with Gasteiger partial charge in [-0.1, -0.05) is 0 Å². The van der Waals surface area contributed by atoms with E-state index in [1.54, 1.807) is 30.3 Å². The molecule has 1 saturated carbocycles. The van der Waals surface area contributed by atoms with Crippen molar-refractivity contribution < 1.29 is 9.59 Å². The largest absolute Gasteiger partial charge is 0.368 e. The van der Waals surface area contributed by atoms with E-state index in [4.69, 9.17) is 0 Å². The summed E-state index contributed by atoms with van der Waals surface area (Å²) in [6.07, 6.45) is 1.94. The zero-order valence-electron chi connectivity index (χ0n) is 14.7. The molecule has 144 valence electrons. The molecule has 3 N–H and O–H groups in total. The highest BCUT2D eigenvalue weighted by Crippen LogP contribution is 2.18. The van der Waals surface area contributed by atoms with Gasteiger partial charge in [0.2, 0.25) is 5.91 Å². The monoisotopic (exact) mass is 399 g/mol. The molecule has 1 fully saturated rings. The Kier molecular flexibility index (Phi) is 4.89. The van der Waals surface area contributed by atoms with Crippen molar-refractivity contribution in [3.63, 3.8) is 0 Å². The van der Waals surface area contributed by atoms with Crippen molar-refractivity contribution >= 4 is 34.0 Å². The lowest BCUT2D eigenvalue weighted by Crippen LogP contribution is -2.34. The Hall–Kier alpha value is -3.47. The maximum absolute atomic E-state index is 12.4. The summed E-state index contributed by atoms with van der Waals surface area (Å²) in [6, 6.07) is 10.1. The smallest absolute Gasteiger partial charge is 0.352 e. The van der Waals surface area contributed by atoms with Gasteiger partial charge in [-0.05, 0) is 65.0 Å². The van der Waals surface area contributed by atoms with Gasteiger partial charge in [0.15, 0.2) is 0 Å². The first kappa shape index (κ1) is 17.9. The maximum atomic E-state index is 12.4. The van der Waals surface area contributed by atoms with Gasteiger partial charge in [-0.25, -0.2) is 9.59 Å². The van der Waals surface area contributed by atoms with Crippen LogP contribution in [0.2, 0.25) is 0 Å². The van der Waals surface area contributed by atoms with Crippen LogP contribution in [-0.4, -0.2) is 37.8 Å². The fraction of sp³-hybridized carbons (Fsp3) is 0.235. The fourth-order valence-corrected chi connectivity index (χ4v) is 3.09. The predicted molar refractivity (Wildman–Crippen MR) is 104 cm³/mol. The highest BCUT2D eigenvalue weighted by molar-refractivity contribution is 7.14. The number of anilines is 2. The number of hydrogen-bond acceptors (Lipinski definition) is 6. The van der Waals surface area contributed by atoms with Crippen LogP contribution in [0.3, 0.4) is 0 Å². The van der Waals surface area contributed by atoms with E-state index in [2.05, 4.69) is 26.4 Å². The molecule has 1 aliphatic carbocycles. The van der Waals surface area contributed by atoms with Gasteiger partial charge in [-0.3, -0.25) is 10.1 Å². The molecule has 0 bridgehead atoms. The van der Waals surface area contributed by atoms with Crippen molar-refractivity contribution in [2.45, 2.75) is 25.4 Å². The topological polar surface area (TPSA) is 123 Å². The van der Waals surface area contributed by atoms with Crippen LogP contribution in [0.5, 0.6) is 0 Å².